The summed E-state index contributed by atoms with van der Waals surface area (Å²) in [6, 6.07) is 4.79. The average molecular weight is 285 g/mol. The van der Waals surface area contributed by atoms with Crippen molar-refractivity contribution in [2.75, 3.05) is 13.2 Å². The van der Waals surface area contributed by atoms with Crippen molar-refractivity contribution in [1.82, 2.24) is 0 Å². The Balaban J connectivity index is 3.17. The summed E-state index contributed by atoms with van der Waals surface area (Å²) >= 11 is 6.01. The zero-order valence-electron chi connectivity index (χ0n) is 11.2. The highest BCUT2D eigenvalue weighted by molar-refractivity contribution is 6.30. The minimum absolute atomic E-state index is 0.190. The SMILES string of the molecule is CCOC(=O)c1cc(OCC)cc(C(Cl)C(C)=O)c1. The van der Waals surface area contributed by atoms with E-state index in [0.29, 0.717) is 23.5 Å². The van der Waals surface area contributed by atoms with Gasteiger partial charge in [0.2, 0.25) is 0 Å². The summed E-state index contributed by atoms with van der Waals surface area (Å²) in [7, 11) is 0. The maximum absolute atomic E-state index is 11.7. The number of rotatable bonds is 6. The van der Waals surface area contributed by atoms with Gasteiger partial charge in [-0.15, -0.1) is 11.6 Å². The van der Waals surface area contributed by atoms with E-state index in [1.54, 1.807) is 25.1 Å². The number of alkyl halides is 1. The molecule has 104 valence electrons. The average Bonchev–Trinajstić information content (AvgIpc) is 2.38. The fraction of sp³-hybridized carbons (Fsp3) is 0.429. The molecule has 1 unspecified atom stereocenters. The van der Waals surface area contributed by atoms with Crippen LogP contribution in [0, 0.1) is 0 Å². The molecule has 0 fully saturated rings. The van der Waals surface area contributed by atoms with Crippen LogP contribution in [0.15, 0.2) is 18.2 Å². The van der Waals surface area contributed by atoms with Crippen molar-refractivity contribution in [2.45, 2.75) is 26.1 Å². The number of ether oxygens (including phenoxy) is 2. The van der Waals surface area contributed by atoms with E-state index >= 15 is 0 Å². The Labute approximate surface area is 117 Å². The Kier molecular flexibility index (Phi) is 5.83. The predicted molar refractivity (Wildman–Crippen MR) is 72.8 cm³/mol. The van der Waals surface area contributed by atoms with Crippen molar-refractivity contribution in [3.8, 4) is 5.75 Å². The second kappa shape index (κ2) is 7.14. The Bertz CT molecular complexity index is 471. The van der Waals surface area contributed by atoms with E-state index in [2.05, 4.69) is 0 Å². The molecule has 0 spiro atoms. The number of carbonyl (C=O) groups is 2. The van der Waals surface area contributed by atoms with E-state index < -0.39 is 11.3 Å². The molecule has 19 heavy (non-hydrogen) atoms. The van der Waals surface area contributed by atoms with Crippen LogP contribution < -0.4 is 4.74 Å². The maximum Gasteiger partial charge on any atom is 0.338 e. The van der Waals surface area contributed by atoms with Crippen molar-refractivity contribution in [3.63, 3.8) is 0 Å². The molecule has 0 aliphatic heterocycles. The maximum atomic E-state index is 11.7. The molecule has 0 bridgehead atoms. The van der Waals surface area contributed by atoms with E-state index in [4.69, 9.17) is 21.1 Å². The summed E-state index contributed by atoms with van der Waals surface area (Å²) < 4.78 is 10.3. The fourth-order valence-corrected chi connectivity index (χ4v) is 1.71. The first-order chi connectivity index (χ1) is 8.99. The first-order valence-electron chi connectivity index (χ1n) is 6.09. The first-order valence-corrected chi connectivity index (χ1v) is 6.52. The third-order valence-electron chi connectivity index (χ3n) is 2.40. The number of benzene rings is 1. The number of carbonyl (C=O) groups excluding carboxylic acids is 2. The van der Waals surface area contributed by atoms with Gasteiger partial charge in [-0.1, -0.05) is 0 Å². The minimum atomic E-state index is -0.798. The molecule has 0 N–H and O–H groups in total. The molecule has 0 aliphatic carbocycles. The third-order valence-corrected chi connectivity index (χ3v) is 2.96. The van der Waals surface area contributed by atoms with Crippen molar-refractivity contribution in [2.24, 2.45) is 0 Å². The van der Waals surface area contributed by atoms with Crippen LogP contribution in [0.1, 0.15) is 42.1 Å². The lowest BCUT2D eigenvalue weighted by Gasteiger charge is -2.12. The van der Waals surface area contributed by atoms with E-state index in [0.717, 1.165) is 0 Å². The monoisotopic (exact) mass is 284 g/mol. The number of esters is 1. The largest absolute Gasteiger partial charge is 0.494 e. The molecule has 0 heterocycles. The van der Waals surface area contributed by atoms with Gasteiger partial charge in [0.05, 0.1) is 18.8 Å². The van der Waals surface area contributed by atoms with Gasteiger partial charge >= 0.3 is 5.97 Å². The quantitative estimate of drug-likeness (QED) is 0.595. The molecule has 1 aromatic rings. The van der Waals surface area contributed by atoms with Gasteiger partial charge in [-0.2, -0.15) is 0 Å². The summed E-state index contributed by atoms with van der Waals surface area (Å²) in [6.07, 6.45) is 0. The molecule has 0 aromatic heterocycles. The predicted octanol–water partition coefficient (Wildman–Crippen LogP) is 3.13. The van der Waals surface area contributed by atoms with Crippen LogP contribution in [-0.4, -0.2) is 25.0 Å². The molecule has 5 heteroatoms. The lowest BCUT2D eigenvalue weighted by atomic mass is 10.0. The van der Waals surface area contributed by atoms with Gasteiger partial charge in [0.15, 0.2) is 5.78 Å². The smallest absolute Gasteiger partial charge is 0.338 e. The normalized spacial score (nSPS) is 11.8. The topological polar surface area (TPSA) is 52.6 Å². The molecule has 0 saturated carbocycles. The van der Waals surface area contributed by atoms with Gasteiger partial charge < -0.3 is 9.47 Å². The van der Waals surface area contributed by atoms with Crippen molar-refractivity contribution in [3.05, 3.63) is 29.3 Å². The van der Waals surface area contributed by atoms with Gasteiger partial charge in [-0.25, -0.2) is 4.79 Å². The highest BCUT2D eigenvalue weighted by atomic mass is 35.5. The second-order valence-electron chi connectivity index (χ2n) is 3.92. The van der Waals surface area contributed by atoms with Gasteiger partial charge in [0, 0.05) is 0 Å². The summed E-state index contributed by atoms with van der Waals surface area (Å²) in [5.41, 5.74) is 0.859. The number of hydrogen-bond donors (Lipinski definition) is 0. The van der Waals surface area contributed by atoms with Gasteiger partial charge in [-0.3, -0.25) is 4.79 Å². The lowest BCUT2D eigenvalue weighted by molar-refractivity contribution is -0.116. The molecule has 1 aromatic carbocycles. The van der Waals surface area contributed by atoms with Crippen LogP contribution >= 0.6 is 11.6 Å². The number of halogens is 1. The molecule has 0 radical (unpaired) electrons. The molecule has 0 saturated heterocycles. The lowest BCUT2D eigenvalue weighted by Crippen LogP contribution is -2.08. The minimum Gasteiger partial charge on any atom is -0.494 e. The molecule has 4 nitrogen and oxygen atoms in total. The fourth-order valence-electron chi connectivity index (χ4n) is 1.59. The van der Waals surface area contributed by atoms with Crippen LogP contribution in [-0.2, 0) is 9.53 Å². The summed E-state index contributed by atoms with van der Waals surface area (Å²) in [6.45, 7) is 5.70. The third kappa shape index (κ3) is 4.24. The first kappa shape index (κ1) is 15.5. The van der Waals surface area contributed by atoms with Crippen molar-refractivity contribution in [1.29, 1.82) is 0 Å². The molecule has 0 aliphatic rings. The zero-order valence-corrected chi connectivity index (χ0v) is 12.0. The molecule has 0 amide bonds. The number of hydrogen-bond acceptors (Lipinski definition) is 4. The van der Waals surface area contributed by atoms with E-state index in [-0.39, 0.29) is 12.4 Å². The van der Waals surface area contributed by atoms with Crippen molar-refractivity contribution < 1.29 is 19.1 Å². The van der Waals surface area contributed by atoms with Crippen LogP contribution in [0.4, 0.5) is 0 Å². The van der Waals surface area contributed by atoms with Crippen molar-refractivity contribution >= 4 is 23.4 Å². The summed E-state index contributed by atoms with van der Waals surface area (Å²) in [5, 5.41) is -0.798. The summed E-state index contributed by atoms with van der Waals surface area (Å²) in [4.78, 5) is 23.1. The standard InChI is InChI=1S/C14H17ClO4/c1-4-18-12-7-10(13(15)9(3)16)6-11(8-12)14(17)19-5-2/h6-8,13H,4-5H2,1-3H3. The van der Waals surface area contributed by atoms with Crippen LogP contribution in [0.2, 0.25) is 0 Å². The highest BCUT2D eigenvalue weighted by Gasteiger charge is 2.18. The molecular weight excluding hydrogens is 268 g/mol. The highest BCUT2D eigenvalue weighted by Crippen LogP contribution is 2.27. The van der Waals surface area contributed by atoms with Gasteiger partial charge in [0.1, 0.15) is 11.1 Å². The number of ketones is 1. The molecular formula is C14H17ClO4. The Morgan fingerprint density at radius 2 is 1.89 bits per heavy atom. The van der Waals surface area contributed by atoms with Crippen LogP contribution in [0.3, 0.4) is 0 Å². The van der Waals surface area contributed by atoms with E-state index in [9.17, 15) is 9.59 Å². The Morgan fingerprint density at radius 3 is 2.42 bits per heavy atom. The second-order valence-corrected chi connectivity index (χ2v) is 4.35. The van der Waals surface area contributed by atoms with Crippen LogP contribution in [0.5, 0.6) is 5.75 Å². The summed E-state index contributed by atoms with van der Waals surface area (Å²) in [5.74, 6) is -0.155. The number of Topliss-reactive ketones (excluding diaryl/α,β-unsaturated/α-hetero) is 1. The van der Waals surface area contributed by atoms with Gasteiger partial charge in [-0.05, 0) is 44.5 Å². The van der Waals surface area contributed by atoms with E-state index in [1.807, 2.05) is 6.92 Å². The Morgan fingerprint density at radius 1 is 1.21 bits per heavy atom. The van der Waals surface area contributed by atoms with E-state index in [1.165, 1.54) is 6.92 Å². The molecule has 1 rings (SSSR count). The zero-order chi connectivity index (χ0) is 14.4. The molecule has 1 atom stereocenters. The van der Waals surface area contributed by atoms with Gasteiger partial charge in [0.25, 0.3) is 0 Å². The Hall–Kier alpha value is -1.55. The van der Waals surface area contributed by atoms with Crippen LogP contribution in [0.25, 0.3) is 0 Å².